The Bertz CT molecular complexity index is 372. The van der Waals surface area contributed by atoms with Crippen molar-refractivity contribution in [2.45, 2.75) is 40.0 Å². The molecule has 3 unspecified atom stereocenters. The molecule has 2 aliphatic rings. The lowest BCUT2D eigenvalue weighted by molar-refractivity contribution is 0.140. The van der Waals surface area contributed by atoms with Gasteiger partial charge in [0.2, 0.25) is 0 Å². The van der Waals surface area contributed by atoms with E-state index < -0.39 is 0 Å². The third-order valence-electron chi connectivity index (χ3n) is 5.09. The van der Waals surface area contributed by atoms with Crippen LogP contribution in [-0.2, 0) is 4.74 Å². The zero-order chi connectivity index (χ0) is 17.4. The number of piperidine rings is 1. The SMILES string of the molecule is CCNC(=NCCCN1CC(C)CC(C)C1)N(C)CC1CCOC1. The van der Waals surface area contributed by atoms with Gasteiger partial charge in [-0.05, 0) is 44.6 Å². The summed E-state index contributed by atoms with van der Waals surface area (Å²) in [7, 11) is 2.15. The summed E-state index contributed by atoms with van der Waals surface area (Å²) < 4.78 is 5.49. The van der Waals surface area contributed by atoms with Crippen molar-refractivity contribution in [2.24, 2.45) is 22.7 Å². The molecule has 3 atom stereocenters. The van der Waals surface area contributed by atoms with E-state index in [4.69, 9.17) is 9.73 Å². The minimum absolute atomic E-state index is 0.648. The summed E-state index contributed by atoms with van der Waals surface area (Å²) in [6, 6.07) is 0. The van der Waals surface area contributed by atoms with Gasteiger partial charge in [0.25, 0.3) is 0 Å². The first kappa shape index (κ1) is 19.5. The number of rotatable bonds is 7. The molecular weight excluding hydrogens is 300 g/mol. The number of hydrogen-bond donors (Lipinski definition) is 1. The second-order valence-corrected chi connectivity index (χ2v) is 7.90. The highest BCUT2D eigenvalue weighted by atomic mass is 16.5. The van der Waals surface area contributed by atoms with Crippen molar-refractivity contribution in [3.05, 3.63) is 0 Å². The first-order valence-electron chi connectivity index (χ1n) is 9.88. The Morgan fingerprint density at radius 3 is 2.67 bits per heavy atom. The van der Waals surface area contributed by atoms with Crippen LogP contribution >= 0.6 is 0 Å². The molecule has 2 heterocycles. The van der Waals surface area contributed by atoms with E-state index in [2.05, 4.69) is 42.9 Å². The molecule has 0 bridgehead atoms. The van der Waals surface area contributed by atoms with Crippen LogP contribution in [0.25, 0.3) is 0 Å². The quantitative estimate of drug-likeness (QED) is 0.439. The molecule has 24 heavy (non-hydrogen) atoms. The minimum atomic E-state index is 0.648. The molecule has 2 fully saturated rings. The zero-order valence-electron chi connectivity index (χ0n) is 16.3. The number of aliphatic imine (C=N–C) groups is 1. The van der Waals surface area contributed by atoms with Crippen molar-refractivity contribution < 1.29 is 4.74 Å². The number of nitrogens with zero attached hydrogens (tertiary/aromatic N) is 3. The van der Waals surface area contributed by atoms with Crippen LogP contribution in [0.4, 0.5) is 0 Å². The molecule has 0 radical (unpaired) electrons. The van der Waals surface area contributed by atoms with E-state index in [0.29, 0.717) is 5.92 Å². The van der Waals surface area contributed by atoms with Gasteiger partial charge in [0, 0.05) is 52.3 Å². The van der Waals surface area contributed by atoms with Gasteiger partial charge in [-0.25, -0.2) is 0 Å². The van der Waals surface area contributed by atoms with E-state index in [1.165, 1.54) is 32.5 Å². The molecule has 1 N–H and O–H groups in total. The third-order valence-corrected chi connectivity index (χ3v) is 5.09. The average Bonchev–Trinajstić information content (AvgIpc) is 3.02. The fourth-order valence-corrected chi connectivity index (χ4v) is 4.12. The minimum Gasteiger partial charge on any atom is -0.381 e. The molecule has 0 aliphatic carbocycles. The molecule has 2 saturated heterocycles. The highest BCUT2D eigenvalue weighted by molar-refractivity contribution is 5.79. The maximum Gasteiger partial charge on any atom is 0.193 e. The number of ether oxygens (including phenoxy) is 1. The van der Waals surface area contributed by atoms with Crippen molar-refractivity contribution in [2.75, 3.05) is 59.5 Å². The van der Waals surface area contributed by atoms with Crippen LogP contribution < -0.4 is 5.32 Å². The predicted octanol–water partition coefficient (Wildman–Crippen LogP) is 2.29. The van der Waals surface area contributed by atoms with Gasteiger partial charge in [0.1, 0.15) is 0 Å². The van der Waals surface area contributed by atoms with Crippen molar-refractivity contribution in [1.29, 1.82) is 0 Å². The Morgan fingerprint density at radius 1 is 1.29 bits per heavy atom. The first-order valence-corrected chi connectivity index (χ1v) is 9.88. The number of nitrogens with one attached hydrogen (secondary N) is 1. The molecule has 0 aromatic rings. The van der Waals surface area contributed by atoms with Gasteiger partial charge in [0.05, 0.1) is 6.61 Å². The van der Waals surface area contributed by atoms with Crippen molar-refractivity contribution >= 4 is 5.96 Å². The maximum absolute atomic E-state index is 5.49. The fraction of sp³-hybridized carbons (Fsp3) is 0.947. The van der Waals surface area contributed by atoms with Crippen LogP contribution in [0.3, 0.4) is 0 Å². The Morgan fingerprint density at radius 2 is 2.04 bits per heavy atom. The second-order valence-electron chi connectivity index (χ2n) is 7.90. The monoisotopic (exact) mass is 338 g/mol. The van der Waals surface area contributed by atoms with Crippen LogP contribution in [0.2, 0.25) is 0 Å². The van der Waals surface area contributed by atoms with Crippen LogP contribution in [-0.4, -0.2) is 75.3 Å². The molecule has 0 spiro atoms. The number of guanidine groups is 1. The number of hydrogen-bond acceptors (Lipinski definition) is 3. The van der Waals surface area contributed by atoms with Gasteiger partial charge in [-0.1, -0.05) is 13.8 Å². The van der Waals surface area contributed by atoms with E-state index in [0.717, 1.165) is 57.1 Å². The lowest BCUT2D eigenvalue weighted by Gasteiger charge is -2.34. The van der Waals surface area contributed by atoms with Gasteiger partial charge in [-0.2, -0.15) is 0 Å². The summed E-state index contributed by atoms with van der Waals surface area (Å²) in [6.07, 6.45) is 3.71. The van der Waals surface area contributed by atoms with Crippen LogP contribution in [0.5, 0.6) is 0 Å². The highest BCUT2D eigenvalue weighted by Crippen LogP contribution is 2.20. The normalized spacial score (nSPS) is 29.0. The van der Waals surface area contributed by atoms with Crippen LogP contribution in [0, 0.1) is 17.8 Å². The van der Waals surface area contributed by atoms with Crippen LogP contribution in [0.1, 0.15) is 40.0 Å². The molecule has 140 valence electrons. The summed E-state index contributed by atoms with van der Waals surface area (Å²) >= 11 is 0. The molecule has 5 heteroatoms. The highest BCUT2D eigenvalue weighted by Gasteiger charge is 2.21. The molecule has 2 rings (SSSR count). The Kier molecular flexibility index (Phi) is 8.33. The van der Waals surface area contributed by atoms with Gasteiger partial charge >= 0.3 is 0 Å². The summed E-state index contributed by atoms with van der Waals surface area (Å²) in [6.45, 7) is 15.3. The molecule has 2 aliphatic heterocycles. The van der Waals surface area contributed by atoms with E-state index in [1.807, 2.05) is 0 Å². The Balaban J connectivity index is 1.73. The average molecular weight is 339 g/mol. The largest absolute Gasteiger partial charge is 0.381 e. The molecule has 5 nitrogen and oxygen atoms in total. The summed E-state index contributed by atoms with van der Waals surface area (Å²) in [5, 5.41) is 3.43. The van der Waals surface area contributed by atoms with E-state index in [1.54, 1.807) is 0 Å². The topological polar surface area (TPSA) is 40.1 Å². The lowest BCUT2D eigenvalue weighted by Crippen LogP contribution is -2.42. The third kappa shape index (κ3) is 6.60. The number of likely N-dealkylation sites (tertiary alicyclic amines) is 1. The van der Waals surface area contributed by atoms with Crippen molar-refractivity contribution in [3.8, 4) is 0 Å². The molecule has 0 aromatic heterocycles. The molecule has 0 aromatic carbocycles. The molecular formula is C19H38N4O. The lowest BCUT2D eigenvalue weighted by atomic mass is 9.92. The van der Waals surface area contributed by atoms with Crippen LogP contribution in [0.15, 0.2) is 4.99 Å². The van der Waals surface area contributed by atoms with E-state index in [-0.39, 0.29) is 0 Å². The van der Waals surface area contributed by atoms with Crippen molar-refractivity contribution in [1.82, 2.24) is 15.1 Å². The smallest absolute Gasteiger partial charge is 0.193 e. The summed E-state index contributed by atoms with van der Waals surface area (Å²) in [5.41, 5.74) is 0. The first-order chi connectivity index (χ1) is 11.6. The molecule has 0 saturated carbocycles. The Labute approximate surface area is 148 Å². The van der Waals surface area contributed by atoms with Crippen molar-refractivity contribution in [3.63, 3.8) is 0 Å². The standard InChI is InChI=1S/C19H38N4O/c1-5-20-19(22(4)14-18-7-10-24-15-18)21-8-6-9-23-12-16(2)11-17(3)13-23/h16-18H,5-15H2,1-4H3,(H,20,21). The summed E-state index contributed by atoms with van der Waals surface area (Å²) in [4.78, 5) is 9.74. The second kappa shape index (κ2) is 10.2. The van der Waals surface area contributed by atoms with Gasteiger partial charge in [-0.15, -0.1) is 0 Å². The Hall–Kier alpha value is -0.810. The van der Waals surface area contributed by atoms with E-state index >= 15 is 0 Å². The van der Waals surface area contributed by atoms with Gasteiger partial charge in [0.15, 0.2) is 5.96 Å². The van der Waals surface area contributed by atoms with Gasteiger partial charge in [-0.3, -0.25) is 4.99 Å². The fourth-order valence-electron chi connectivity index (χ4n) is 4.12. The molecule has 0 amide bonds. The predicted molar refractivity (Wildman–Crippen MR) is 102 cm³/mol. The van der Waals surface area contributed by atoms with E-state index in [9.17, 15) is 0 Å². The zero-order valence-corrected chi connectivity index (χ0v) is 16.3. The van der Waals surface area contributed by atoms with Gasteiger partial charge < -0.3 is 19.9 Å². The summed E-state index contributed by atoms with van der Waals surface area (Å²) in [5.74, 6) is 3.38. The maximum atomic E-state index is 5.49.